The minimum atomic E-state index is -0.607. The Morgan fingerprint density at radius 1 is 1.25 bits per heavy atom. The summed E-state index contributed by atoms with van der Waals surface area (Å²) in [6.07, 6.45) is 2.76. The van der Waals surface area contributed by atoms with Gasteiger partial charge in [0, 0.05) is 45.2 Å². The maximum atomic E-state index is 14.0. The summed E-state index contributed by atoms with van der Waals surface area (Å²) in [5.74, 6) is 0. The molecule has 12 heteroatoms. The molecule has 40 heavy (non-hydrogen) atoms. The molecule has 4 heterocycles. The molecular formula is C28H30ClN5O4S2. The van der Waals surface area contributed by atoms with Gasteiger partial charge in [0.15, 0.2) is 5.16 Å². The van der Waals surface area contributed by atoms with Gasteiger partial charge in [-0.1, -0.05) is 35.5 Å². The fourth-order valence-corrected chi connectivity index (χ4v) is 5.76. The highest BCUT2D eigenvalue weighted by Gasteiger charge is 2.29. The molecule has 4 aromatic rings. The first-order valence-corrected chi connectivity index (χ1v) is 15.3. The van der Waals surface area contributed by atoms with Crippen molar-refractivity contribution in [1.29, 1.82) is 0 Å². The zero-order valence-corrected chi connectivity index (χ0v) is 25.3. The normalized spacial score (nSPS) is 15.9. The van der Waals surface area contributed by atoms with Crippen molar-refractivity contribution < 1.29 is 14.3 Å². The van der Waals surface area contributed by atoms with Crippen LogP contribution in [0.3, 0.4) is 0 Å². The Morgan fingerprint density at radius 2 is 2.05 bits per heavy atom. The Morgan fingerprint density at radius 3 is 2.73 bits per heavy atom. The molecule has 210 valence electrons. The number of carbonyl (C=O) groups is 1. The average Bonchev–Trinajstić information content (AvgIpc) is 3.35. The number of rotatable bonds is 5. The van der Waals surface area contributed by atoms with Crippen molar-refractivity contribution in [3.05, 3.63) is 56.2 Å². The molecular weight excluding hydrogens is 570 g/mol. The SMILES string of the molecule is CSc1ncc2cc(-c3ccc(-c4csc(C)n4)cc3Cl)c(=O)n(CC3CN(C(=O)OC(C)(C)C)CCO3)c2n1. The van der Waals surface area contributed by atoms with Crippen LogP contribution < -0.4 is 5.56 Å². The van der Waals surface area contributed by atoms with Gasteiger partial charge in [0.05, 0.1) is 36.5 Å². The number of nitrogens with zero attached hydrogens (tertiary/aromatic N) is 5. The average molecular weight is 600 g/mol. The Labute approximate surface area is 245 Å². The van der Waals surface area contributed by atoms with Gasteiger partial charge in [-0.25, -0.2) is 19.7 Å². The van der Waals surface area contributed by atoms with Crippen LogP contribution >= 0.6 is 34.7 Å². The number of halogens is 1. The smallest absolute Gasteiger partial charge is 0.410 e. The van der Waals surface area contributed by atoms with E-state index in [0.29, 0.717) is 45.5 Å². The number of pyridine rings is 1. The molecule has 1 atom stereocenters. The molecule has 1 aromatic carbocycles. The Balaban J connectivity index is 1.53. The first-order chi connectivity index (χ1) is 19.0. The van der Waals surface area contributed by atoms with Gasteiger partial charge in [-0.15, -0.1) is 11.3 Å². The number of fused-ring (bicyclic) bond motifs is 1. The van der Waals surface area contributed by atoms with E-state index in [1.807, 2.05) is 57.5 Å². The summed E-state index contributed by atoms with van der Waals surface area (Å²) < 4.78 is 13.2. The standard InChI is InChI=1S/C28H30ClN5O4S2/c1-16-31-23(15-40-16)17-6-7-20(22(29)11-17)21-10-18-12-30-26(39-5)32-24(18)34(25(21)35)14-19-13-33(8-9-37-19)27(36)38-28(2,3)4/h6-7,10-12,15,19H,8-9,13-14H2,1-5H3. The summed E-state index contributed by atoms with van der Waals surface area (Å²) in [6.45, 7) is 8.69. The highest BCUT2D eigenvalue weighted by molar-refractivity contribution is 7.98. The van der Waals surface area contributed by atoms with Crippen molar-refractivity contribution in [2.45, 2.75) is 51.1 Å². The summed E-state index contributed by atoms with van der Waals surface area (Å²) in [7, 11) is 0. The maximum absolute atomic E-state index is 14.0. The molecule has 1 aliphatic rings. The molecule has 0 radical (unpaired) electrons. The number of thioether (sulfide) groups is 1. The molecule has 1 saturated heterocycles. The fourth-order valence-electron chi connectivity index (χ4n) is 4.52. The van der Waals surface area contributed by atoms with Crippen molar-refractivity contribution in [3.63, 3.8) is 0 Å². The quantitative estimate of drug-likeness (QED) is 0.206. The van der Waals surface area contributed by atoms with E-state index in [-0.39, 0.29) is 18.6 Å². The third-order valence-corrected chi connectivity index (χ3v) is 7.99. The van der Waals surface area contributed by atoms with Gasteiger partial charge in [-0.2, -0.15) is 0 Å². The third kappa shape index (κ3) is 6.17. The molecule has 1 aliphatic heterocycles. The first-order valence-electron chi connectivity index (χ1n) is 12.8. The van der Waals surface area contributed by atoms with E-state index >= 15 is 0 Å². The second-order valence-electron chi connectivity index (χ2n) is 10.5. The lowest BCUT2D eigenvalue weighted by atomic mass is 10.0. The van der Waals surface area contributed by atoms with Crippen LogP contribution in [-0.4, -0.2) is 68.2 Å². The summed E-state index contributed by atoms with van der Waals surface area (Å²) in [4.78, 5) is 42.0. The molecule has 0 N–H and O–H groups in total. The van der Waals surface area contributed by atoms with E-state index in [9.17, 15) is 9.59 Å². The van der Waals surface area contributed by atoms with Crippen molar-refractivity contribution in [2.24, 2.45) is 0 Å². The highest BCUT2D eigenvalue weighted by Crippen LogP contribution is 2.32. The number of hydrogen-bond acceptors (Lipinski definition) is 9. The van der Waals surface area contributed by atoms with Gasteiger partial charge in [0.25, 0.3) is 5.56 Å². The van der Waals surface area contributed by atoms with E-state index in [4.69, 9.17) is 21.1 Å². The van der Waals surface area contributed by atoms with Crippen LogP contribution in [0.1, 0.15) is 25.8 Å². The van der Waals surface area contributed by atoms with Crippen LogP contribution in [0.15, 0.2) is 45.8 Å². The molecule has 1 fully saturated rings. The summed E-state index contributed by atoms with van der Waals surface area (Å²) in [5, 5.41) is 4.64. The van der Waals surface area contributed by atoms with Crippen LogP contribution in [0.2, 0.25) is 5.02 Å². The van der Waals surface area contributed by atoms with Crippen molar-refractivity contribution in [1.82, 2.24) is 24.4 Å². The lowest BCUT2D eigenvalue weighted by Crippen LogP contribution is -2.49. The number of morpholine rings is 1. The van der Waals surface area contributed by atoms with E-state index in [1.54, 1.807) is 33.1 Å². The molecule has 0 bridgehead atoms. The van der Waals surface area contributed by atoms with Crippen LogP contribution in [0.5, 0.6) is 0 Å². The largest absolute Gasteiger partial charge is 0.444 e. The number of aromatic nitrogens is 4. The second-order valence-corrected chi connectivity index (χ2v) is 12.7. The number of hydrogen-bond donors (Lipinski definition) is 0. The van der Waals surface area contributed by atoms with Crippen LogP contribution in [0, 0.1) is 6.92 Å². The zero-order chi connectivity index (χ0) is 28.6. The molecule has 0 aliphatic carbocycles. The number of ether oxygens (including phenoxy) is 2. The first kappa shape index (κ1) is 28.5. The molecule has 1 unspecified atom stereocenters. The number of carbonyl (C=O) groups excluding carboxylic acids is 1. The van der Waals surface area contributed by atoms with Crippen molar-refractivity contribution in [3.8, 4) is 22.4 Å². The summed E-state index contributed by atoms with van der Waals surface area (Å²) in [6, 6.07) is 7.37. The van der Waals surface area contributed by atoms with Crippen LogP contribution in [0.4, 0.5) is 4.79 Å². The lowest BCUT2D eigenvalue weighted by Gasteiger charge is -2.34. The topological polar surface area (TPSA) is 99.4 Å². The van der Waals surface area contributed by atoms with E-state index in [2.05, 4.69) is 15.0 Å². The lowest BCUT2D eigenvalue weighted by molar-refractivity contribution is -0.0472. The number of amides is 1. The van der Waals surface area contributed by atoms with Gasteiger partial charge >= 0.3 is 6.09 Å². The van der Waals surface area contributed by atoms with Gasteiger partial charge in [-0.3, -0.25) is 9.36 Å². The van der Waals surface area contributed by atoms with E-state index in [1.165, 1.54) is 11.8 Å². The highest BCUT2D eigenvalue weighted by atomic mass is 35.5. The van der Waals surface area contributed by atoms with Crippen LogP contribution in [0.25, 0.3) is 33.4 Å². The Bertz CT molecular complexity index is 1630. The number of thiazole rings is 1. The van der Waals surface area contributed by atoms with Crippen molar-refractivity contribution >= 4 is 51.8 Å². The Kier molecular flexibility index (Phi) is 8.19. The van der Waals surface area contributed by atoms with Gasteiger partial charge in [0.1, 0.15) is 11.2 Å². The van der Waals surface area contributed by atoms with E-state index < -0.39 is 17.8 Å². The van der Waals surface area contributed by atoms with Crippen LogP contribution in [-0.2, 0) is 16.0 Å². The number of aryl methyl sites for hydroxylation is 1. The maximum Gasteiger partial charge on any atom is 0.410 e. The second kappa shape index (κ2) is 11.5. The molecule has 9 nitrogen and oxygen atoms in total. The predicted molar refractivity (Wildman–Crippen MR) is 159 cm³/mol. The monoisotopic (exact) mass is 599 g/mol. The van der Waals surface area contributed by atoms with Gasteiger partial charge in [0.2, 0.25) is 0 Å². The Hall–Kier alpha value is -2.99. The van der Waals surface area contributed by atoms with Gasteiger partial charge < -0.3 is 14.4 Å². The summed E-state index contributed by atoms with van der Waals surface area (Å²) in [5.41, 5.74) is 2.39. The zero-order valence-electron chi connectivity index (χ0n) is 22.9. The molecule has 5 rings (SSSR count). The molecule has 0 saturated carbocycles. The summed E-state index contributed by atoms with van der Waals surface area (Å²) >= 11 is 9.71. The van der Waals surface area contributed by atoms with Gasteiger partial charge in [-0.05, 0) is 46.1 Å². The van der Waals surface area contributed by atoms with E-state index in [0.717, 1.165) is 16.3 Å². The minimum absolute atomic E-state index is 0.196. The predicted octanol–water partition coefficient (Wildman–Crippen LogP) is 5.90. The molecule has 0 spiro atoms. The fraction of sp³-hybridized carbons (Fsp3) is 0.393. The van der Waals surface area contributed by atoms with Crippen molar-refractivity contribution in [2.75, 3.05) is 26.0 Å². The molecule has 3 aromatic heterocycles. The minimum Gasteiger partial charge on any atom is -0.444 e. The molecule has 1 amide bonds. The third-order valence-electron chi connectivity index (χ3n) is 6.34. The number of benzene rings is 1.